The van der Waals surface area contributed by atoms with E-state index in [9.17, 15) is 15.0 Å². The van der Waals surface area contributed by atoms with Gasteiger partial charge in [0.05, 0.1) is 0 Å². The van der Waals surface area contributed by atoms with Crippen molar-refractivity contribution in [1.82, 2.24) is 5.32 Å². The molecule has 0 saturated carbocycles. The van der Waals surface area contributed by atoms with E-state index in [1.54, 1.807) is 31.2 Å². The number of hydrogen-bond acceptors (Lipinski definition) is 3. The summed E-state index contributed by atoms with van der Waals surface area (Å²) in [5, 5.41) is 23.9. The molecule has 18 heavy (non-hydrogen) atoms. The topological polar surface area (TPSA) is 69.6 Å². The van der Waals surface area contributed by atoms with Gasteiger partial charge < -0.3 is 15.5 Å². The Morgan fingerprint density at radius 3 is 2.56 bits per heavy atom. The first-order valence-corrected chi connectivity index (χ1v) is 6.20. The molecule has 1 aliphatic rings. The lowest BCUT2D eigenvalue weighted by molar-refractivity contribution is -0.173. The van der Waals surface area contributed by atoms with Crippen molar-refractivity contribution in [2.24, 2.45) is 5.41 Å². The third-order valence-electron chi connectivity index (χ3n) is 3.85. The molecule has 1 aromatic rings. The molecule has 2 rings (SSSR count). The highest BCUT2D eigenvalue weighted by atomic mass is 35.5. The Balaban J connectivity index is 2.48. The first-order chi connectivity index (χ1) is 8.40. The van der Waals surface area contributed by atoms with Gasteiger partial charge >= 0.3 is 5.97 Å². The van der Waals surface area contributed by atoms with Crippen LogP contribution < -0.4 is 5.32 Å². The molecule has 1 fully saturated rings. The number of halogens is 1. The molecule has 0 aliphatic carbocycles. The zero-order valence-electron chi connectivity index (χ0n) is 10.1. The summed E-state index contributed by atoms with van der Waals surface area (Å²) in [7, 11) is 0. The van der Waals surface area contributed by atoms with Crippen LogP contribution in [0.5, 0.6) is 0 Å². The number of rotatable bonds is 2. The predicted octanol–water partition coefficient (Wildman–Crippen LogP) is 1.61. The summed E-state index contributed by atoms with van der Waals surface area (Å²) in [6.07, 6.45) is 0.359. The summed E-state index contributed by atoms with van der Waals surface area (Å²) in [6.45, 7) is 2.39. The molecule has 2 atom stereocenters. The summed E-state index contributed by atoms with van der Waals surface area (Å²) in [4.78, 5) is 11.5. The Bertz CT molecular complexity index is 462. The molecule has 1 aromatic carbocycles. The highest BCUT2D eigenvalue weighted by Crippen LogP contribution is 2.44. The standard InChI is InChI=1S/C13H16ClNO3/c1-12(11(16)17)8-15-7-6-13(12,18)9-2-4-10(14)5-3-9/h2-5,15,18H,6-8H2,1H3,(H,16,17). The average Bonchev–Trinajstić information content (AvgIpc) is 2.33. The number of benzene rings is 1. The minimum atomic E-state index is -1.38. The number of aliphatic hydroxyl groups is 1. The van der Waals surface area contributed by atoms with Crippen LogP contribution >= 0.6 is 11.6 Å². The van der Waals surface area contributed by atoms with Crippen LogP contribution in [0.25, 0.3) is 0 Å². The van der Waals surface area contributed by atoms with E-state index in [0.29, 0.717) is 23.6 Å². The maximum Gasteiger partial charge on any atom is 0.313 e. The molecule has 0 radical (unpaired) electrons. The molecule has 1 aliphatic heterocycles. The molecule has 1 saturated heterocycles. The Hall–Kier alpha value is -1.10. The molecule has 3 N–H and O–H groups in total. The molecule has 0 amide bonds. The van der Waals surface area contributed by atoms with Crippen molar-refractivity contribution < 1.29 is 15.0 Å². The van der Waals surface area contributed by atoms with E-state index in [1.807, 2.05) is 0 Å². The predicted molar refractivity (Wildman–Crippen MR) is 68.6 cm³/mol. The lowest BCUT2D eigenvalue weighted by Crippen LogP contribution is -2.59. The molecule has 4 nitrogen and oxygen atoms in total. The zero-order chi connectivity index (χ0) is 13.4. The maximum absolute atomic E-state index is 11.5. The van der Waals surface area contributed by atoms with Crippen molar-refractivity contribution >= 4 is 17.6 Å². The largest absolute Gasteiger partial charge is 0.481 e. The van der Waals surface area contributed by atoms with Crippen LogP contribution in [0.3, 0.4) is 0 Å². The Morgan fingerprint density at radius 2 is 2.00 bits per heavy atom. The van der Waals surface area contributed by atoms with E-state index in [2.05, 4.69) is 5.32 Å². The van der Waals surface area contributed by atoms with Crippen molar-refractivity contribution in [2.75, 3.05) is 13.1 Å². The lowest BCUT2D eigenvalue weighted by atomic mass is 9.66. The van der Waals surface area contributed by atoms with Crippen molar-refractivity contribution in [1.29, 1.82) is 0 Å². The Morgan fingerprint density at radius 1 is 1.39 bits per heavy atom. The summed E-state index contributed by atoms with van der Waals surface area (Å²) in [5.74, 6) is -1.01. The summed E-state index contributed by atoms with van der Waals surface area (Å²) >= 11 is 5.82. The number of piperidine rings is 1. The third kappa shape index (κ3) is 1.90. The second kappa shape index (κ2) is 4.53. The van der Waals surface area contributed by atoms with Crippen molar-refractivity contribution in [2.45, 2.75) is 18.9 Å². The third-order valence-corrected chi connectivity index (χ3v) is 4.10. The molecule has 0 aromatic heterocycles. The van der Waals surface area contributed by atoms with Crippen LogP contribution in [0.4, 0.5) is 0 Å². The number of hydrogen-bond donors (Lipinski definition) is 3. The van der Waals surface area contributed by atoms with Gasteiger partial charge in [-0.2, -0.15) is 0 Å². The van der Waals surface area contributed by atoms with E-state index in [-0.39, 0.29) is 6.54 Å². The number of nitrogens with one attached hydrogen (secondary N) is 1. The van der Waals surface area contributed by atoms with E-state index in [0.717, 1.165) is 0 Å². The summed E-state index contributed by atoms with van der Waals surface area (Å²) in [6, 6.07) is 6.71. The smallest absolute Gasteiger partial charge is 0.313 e. The van der Waals surface area contributed by atoms with E-state index in [1.165, 1.54) is 0 Å². The highest BCUT2D eigenvalue weighted by Gasteiger charge is 2.54. The van der Waals surface area contributed by atoms with Crippen molar-refractivity contribution in [3.05, 3.63) is 34.9 Å². The molecule has 0 spiro atoms. The Kier molecular flexibility index (Phi) is 3.36. The number of carboxylic acid groups (broad SMARTS) is 1. The van der Waals surface area contributed by atoms with Crippen molar-refractivity contribution in [3.8, 4) is 0 Å². The Labute approximate surface area is 111 Å². The zero-order valence-corrected chi connectivity index (χ0v) is 10.9. The number of aliphatic carboxylic acids is 1. The van der Waals surface area contributed by atoms with Crippen LogP contribution in [0.2, 0.25) is 5.02 Å². The summed E-state index contributed by atoms with van der Waals surface area (Å²) in [5.41, 5.74) is -2.04. The van der Waals surface area contributed by atoms with Crippen LogP contribution in [-0.2, 0) is 10.4 Å². The van der Waals surface area contributed by atoms with Crippen molar-refractivity contribution in [3.63, 3.8) is 0 Å². The SMILES string of the molecule is CC1(C(=O)O)CNCCC1(O)c1ccc(Cl)cc1. The van der Waals surface area contributed by atoms with Crippen LogP contribution in [0.15, 0.2) is 24.3 Å². The van der Waals surface area contributed by atoms with Gasteiger partial charge in [-0.15, -0.1) is 0 Å². The van der Waals surface area contributed by atoms with Crippen LogP contribution in [0, 0.1) is 5.41 Å². The molecule has 5 heteroatoms. The highest BCUT2D eigenvalue weighted by molar-refractivity contribution is 6.30. The average molecular weight is 270 g/mol. The molecule has 1 heterocycles. The second-order valence-electron chi connectivity index (χ2n) is 4.93. The minimum Gasteiger partial charge on any atom is -0.481 e. The molecular formula is C13H16ClNO3. The van der Waals surface area contributed by atoms with Gasteiger partial charge in [-0.05, 0) is 37.6 Å². The van der Waals surface area contributed by atoms with E-state index < -0.39 is 17.0 Å². The second-order valence-corrected chi connectivity index (χ2v) is 5.37. The van der Waals surface area contributed by atoms with Gasteiger partial charge in [0.1, 0.15) is 11.0 Å². The van der Waals surface area contributed by atoms with Gasteiger partial charge in [-0.25, -0.2) is 0 Å². The van der Waals surface area contributed by atoms with Gasteiger partial charge in [0.2, 0.25) is 0 Å². The fraction of sp³-hybridized carbons (Fsp3) is 0.462. The number of carboxylic acids is 1. The normalized spacial score (nSPS) is 32.2. The minimum absolute atomic E-state index is 0.238. The summed E-state index contributed by atoms with van der Waals surface area (Å²) < 4.78 is 0. The molecule has 0 bridgehead atoms. The molecule has 2 unspecified atom stereocenters. The quantitative estimate of drug-likeness (QED) is 0.763. The van der Waals surface area contributed by atoms with Crippen LogP contribution in [-0.4, -0.2) is 29.3 Å². The lowest BCUT2D eigenvalue weighted by Gasteiger charge is -2.46. The van der Waals surface area contributed by atoms with E-state index in [4.69, 9.17) is 11.6 Å². The number of carbonyl (C=O) groups is 1. The first kappa shape index (κ1) is 13.3. The van der Waals surface area contributed by atoms with Gasteiger partial charge in [0.15, 0.2) is 0 Å². The van der Waals surface area contributed by atoms with Gasteiger partial charge in [-0.1, -0.05) is 23.7 Å². The van der Waals surface area contributed by atoms with Gasteiger partial charge in [-0.3, -0.25) is 4.79 Å². The van der Waals surface area contributed by atoms with E-state index >= 15 is 0 Å². The maximum atomic E-state index is 11.5. The first-order valence-electron chi connectivity index (χ1n) is 5.83. The molecule has 98 valence electrons. The fourth-order valence-corrected chi connectivity index (χ4v) is 2.60. The molecular weight excluding hydrogens is 254 g/mol. The van der Waals surface area contributed by atoms with Gasteiger partial charge in [0, 0.05) is 11.6 Å². The monoisotopic (exact) mass is 269 g/mol. The fourth-order valence-electron chi connectivity index (χ4n) is 2.47. The van der Waals surface area contributed by atoms with Gasteiger partial charge in [0.25, 0.3) is 0 Å². The van der Waals surface area contributed by atoms with Crippen LogP contribution in [0.1, 0.15) is 18.9 Å².